The number of carbonyl (C=O) groups excluding carboxylic acids is 1. The number of H-pyrrole nitrogens is 1. The molecule has 0 saturated carbocycles. The highest BCUT2D eigenvalue weighted by atomic mass is 32.2. The van der Waals surface area contributed by atoms with Crippen LogP contribution in [0.5, 0.6) is 0 Å². The molecule has 45 heavy (non-hydrogen) atoms. The van der Waals surface area contributed by atoms with E-state index in [9.17, 15) is 23.1 Å². The lowest BCUT2D eigenvalue weighted by molar-refractivity contribution is 0.0636. The fourth-order valence-electron chi connectivity index (χ4n) is 5.19. The number of amides is 1. The molecule has 0 aliphatic carbocycles. The summed E-state index contributed by atoms with van der Waals surface area (Å²) in [6, 6.07) is 20.7. The van der Waals surface area contributed by atoms with E-state index in [1.807, 2.05) is 37.4 Å². The van der Waals surface area contributed by atoms with Gasteiger partial charge in [0, 0.05) is 40.7 Å². The number of anilines is 1. The van der Waals surface area contributed by atoms with Crippen LogP contribution < -0.4 is 5.32 Å². The van der Waals surface area contributed by atoms with Gasteiger partial charge in [0.25, 0.3) is 10.0 Å². The Hall–Kier alpha value is -5.42. The first kappa shape index (κ1) is 29.6. The Bertz CT molecular complexity index is 2230. The van der Waals surface area contributed by atoms with Gasteiger partial charge in [0.2, 0.25) is 0 Å². The summed E-state index contributed by atoms with van der Waals surface area (Å²) in [5, 5.41) is 14.0. The van der Waals surface area contributed by atoms with Crippen molar-refractivity contribution in [2.45, 2.75) is 38.2 Å². The second kappa shape index (κ2) is 10.9. The molecular formula is C34H30N4O6S. The van der Waals surface area contributed by atoms with Crippen LogP contribution in [0.3, 0.4) is 0 Å². The van der Waals surface area contributed by atoms with Crippen LogP contribution in [0.15, 0.2) is 96.3 Å². The number of fused-ring (bicyclic) bond motifs is 2. The number of aromatic amines is 1. The number of benzene rings is 3. The summed E-state index contributed by atoms with van der Waals surface area (Å²) in [5.41, 5.74) is 3.63. The Balaban J connectivity index is 1.52. The van der Waals surface area contributed by atoms with E-state index in [0.717, 1.165) is 22.0 Å². The molecule has 0 unspecified atom stereocenters. The van der Waals surface area contributed by atoms with Gasteiger partial charge < -0.3 is 14.8 Å². The number of hydrogen-bond donors (Lipinski definition) is 3. The van der Waals surface area contributed by atoms with Crippen LogP contribution in [-0.4, -0.2) is 45.1 Å². The van der Waals surface area contributed by atoms with E-state index in [2.05, 4.69) is 15.3 Å². The van der Waals surface area contributed by atoms with E-state index in [1.54, 1.807) is 63.4 Å². The van der Waals surface area contributed by atoms with Crippen LogP contribution >= 0.6 is 0 Å². The van der Waals surface area contributed by atoms with Crippen LogP contribution in [0.4, 0.5) is 10.5 Å². The Morgan fingerprint density at radius 1 is 0.956 bits per heavy atom. The first-order valence-electron chi connectivity index (χ1n) is 14.1. The van der Waals surface area contributed by atoms with Gasteiger partial charge in [-0.05, 0) is 75.0 Å². The molecule has 0 atom stereocenters. The maximum absolute atomic E-state index is 13.9. The fourth-order valence-corrected chi connectivity index (χ4v) is 6.52. The van der Waals surface area contributed by atoms with Gasteiger partial charge in [-0.2, -0.15) is 0 Å². The number of carboxylic acids is 1. The van der Waals surface area contributed by atoms with Crippen LogP contribution in [0.2, 0.25) is 0 Å². The average Bonchev–Trinajstić information content (AvgIpc) is 3.62. The molecule has 3 heterocycles. The van der Waals surface area contributed by atoms with Crippen molar-refractivity contribution in [1.82, 2.24) is 13.9 Å². The minimum atomic E-state index is -4.02. The van der Waals surface area contributed by atoms with Crippen molar-refractivity contribution >= 4 is 49.7 Å². The van der Waals surface area contributed by atoms with Crippen molar-refractivity contribution in [2.24, 2.45) is 0 Å². The second-order valence-electron chi connectivity index (χ2n) is 11.7. The van der Waals surface area contributed by atoms with Crippen LogP contribution in [0.1, 0.15) is 36.7 Å². The number of rotatable bonds is 6. The zero-order valence-corrected chi connectivity index (χ0v) is 25.8. The Labute approximate surface area is 259 Å². The number of para-hydroxylation sites is 1. The number of nitrogens with one attached hydrogen (secondary N) is 2. The highest BCUT2D eigenvalue weighted by Gasteiger charge is 2.25. The van der Waals surface area contributed by atoms with E-state index in [0.29, 0.717) is 22.1 Å². The van der Waals surface area contributed by atoms with E-state index in [4.69, 9.17) is 4.74 Å². The third kappa shape index (κ3) is 5.65. The highest BCUT2D eigenvalue weighted by Crippen LogP contribution is 2.38. The zero-order chi connectivity index (χ0) is 32.1. The number of aromatic carboxylic acids is 1. The lowest BCUT2D eigenvalue weighted by atomic mass is 9.99. The normalized spacial score (nSPS) is 12.0. The zero-order valence-electron chi connectivity index (χ0n) is 25.0. The number of aryl methyl sites for hydroxylation is 1. The monoisotopic (exact) mass is 622 g/mol. The molecule has 228 valence electrons. The minimum Gasteiger partial charge on any atom is -0.478 e. The van der Waals surface area contributed by atoms with Gasteiger partial charge in [-0.15, -0.1) is 0 Å². The first-order chi connectivity index (χ1) is 21.3. The van der Waals surface area contributed by atoms with Gasteiger partial charge in [0.15, 0.2) is 5.65 Å². The SMILES string of the molecule is Cc1ccc(S(=O)(=O)n2cc(-c3cccc4cc[nH]c34)c3cc(-c4ccc(NC(=O)OC(C)(C)C)c(C(=O)O)c4)cnc32)cc1. The smallest absolute Gasteiger partial charge is 0.412 e. The summed E-state index contributed by atoms with van der Waals surface area (Å²) in [6.07, 6.45) is 4.12. The number of carbonyl (C=O) groups is 2. The predicted molar refractivity (Wildman–Crippen MR) is 173 cm³/mol. The van der Waals surface area contributed by atoms with E-state index < -0.39 is 27.7 Å². The molecule has 11 heteroatoms. The number of ether oxygens (including phenoxy) is 1. The van der Waals surface area contributed by atoms with E-state index >= 15 is 0 Å². The third-order valence-electron chi connectivity index (χ3n) is 7.29. The number of hydrogen-bond acceptors (Lipinski definition) is 6. The van der Waals surface area contributed by atoms with E-state index in [1.165, 1.54) is 22.3 Å². The Morgan fingerprint density at radius 3 is 2.42 bits per heavy atom. The van der Waals surface area contributed by atoms with Gasteiger partial charge >= 0.3 is 12.1 Å². The van der Waals surface area contributed by atoms with Gasteiger partial charge in [0.05, 0.1) is 21.7 Å². The molecule has 6 aromatic rings. The van der Waals surface area contributed by atoms with Crippen molar-refractivity contribution < 1.29 is 27.9 Å². The lowest BCUT2D eigenvalue weighted by Crippen LogP contribution is -2.27. The van der Waals surface area contributed by atoms with Crippen molar-refractivity contribution in [3.63, 3.8) is 0 Å². The molecule has 1 amide bonds. The van der Waals surface area contributed by atoms with Crippen molar-refractivity contribution in [3.8, 4) is 22.3 Å². The molecule has 0 fully saturated rings. The summed E-state index contributed by atoms with van der Waals surface area (Å²) in [6.45, 7) is 7.01. The molecule has 3 aromatic heterocycles. The molecule has 3 aromatic carbocycles. The largest absolute Gasteiger partial charge is 0.478 e. The standard InChI is InChI=1S/C34H30N4O6S/c1-20-8-11-24(12-9-20)45(42,43)38-19-28(25-7-5-6-21-14-15-35-30(21)25)26-17-23(18-36-31(26)38)22-10-13-29(27(16-22)32(39)40)37-33(41)44-34(2,3)4/h5-19,35H,1-4H3,(H,37,41)(H,39,40). The number of nitrogens with zero attached hydrogens (tertiary/aromatic N) is 2. The molecule has 0 aliphatic rings. The molecule has 0 spiro atoms. The minimum absolute atomic E-state index is 0.0731. The maximum atomic E-state index is 13.9. The van der Waals surface area contributed by atoms with E-state index in [-0.39, 0.29) is 21.8 Å². The van der Waals surface area contributed by atoms with Crippen LogP contribution in [0, 0.1) is 6.92 Å². The van der Waals surface area contributed by atoms with Crippen molar-refractivity contribution in [1.29, 1.82) is 0 Å². The maximum Gasteiger partial charge on any atom is 0.412 e. The molecule has 0 saturated heterocycles. The molecule has 10 nitrogen and oxygen atoms in total. The van der Waals surface area contributed by atoms with Crippen LogP contribution in [-0.2, 0) is 14.8 Å². The van der Waals surface area contributed by atoms with Crippen molar-refractivity contribution in [2.75, 3.05) is 5.32 Å². The van der Waals surface area contributed by atoms with Crippen molar-refractivity contribution in [3.05, 3.63) is 103 Å². The third-order valence-corrected chi connectivity index (χ3v) is 8.95. The molecule has 0 aliphatic heterocycles. The highest BCUT2D eigenvalue weighted by molar-refractivity contribution is 7.90. The molecule has 0 radical (unpaired) electrons. The molecule has 6 rings (SSSR count). The summed E-state index contributed by atoms with van der Waals surface area (Å²) in [5.74, 6) is -1.24. The topological polar surface area (TPSA) is 143 Å². The molecule has 0 bridgehead atoms. The number of aromatic nitrogens is 3. The summed E-state index contributed by atoms with van der Waals surface area (Å²) < 4.78 is 34.3. The molecular weight excluding hydrogens is 592 g/mol. The second-order valence-corrected chi connectivity index (χ2v) is 13.5. The van der Waals surface area contributed by atoms with Crippen LogP contribution in [0.25, 0.3) is 44.2 Å². The summed E-state index contributed by atoms with van der Waals surface area (Å²) in [7, 11) is -4.02. The summed E-state index contributed by atoms with van der Waals surface area (Å²) in [4.78, 5) is 32.6. The van der Waals surface area contributed by atoms with Gasteiger partial charge in [-0.3, -0.25) is 5.32 Å². The summed E-state index contributed by atoms with van der Waals surface area (Å²) >= 11 is 0. The van der Waals surface area contributed by atoms with Gasteiger partial charge in [-0.25, -0.2) is 27.0 Å². The quantitative estimate of drug-likeness (QED) is 0.175. The van der Waals surface area contributed by atoms with Gasteiger partial charge in [0.1, 0.15) is 5.60 Å². The Morgan fingerprint density at radius 2 is 1.71 bits per heavy atom. The Kier molecular flexibility index (Phi) is 7.20. The number of pyridine rings is 1. The molecule has 3 N–H and O–H groups in total. The number of carboxylic acid groups (broad SMARTS) is 1. The first-order valence-corrected chi connectivity index (χ1v) is 15.5. The fraction of sp³-hybridized carbons (Fsp3) is 0.147. The predicted octanol–water partition coefficient (Wildman–Crippen LogP) is 7.44. The lowest BCUT2D eigenvalue weighted by Gasteiger charge is -2.20. The van der Waals surface area contributed by atoms with Gasteiger partial charge in [-0.1, -0.05) is 42.0 Å². The average molecular weight is 623 g/mol.